The maximum Gasteiger partial charge on any atom is 0.272 e. The number of benzene rings is 2. The Morgan fingerprint density at radius 2 is 1.81 bits per heavy atom. The van der Waals surface area contributed by atoms with Crippen molar-refractivity contribution in [2.75, 3.05) is 7.11 Å². The summed E-state index contributed by atoms with van der Waals surface area (Å²) in [5.41, 5.74) is 5.24. The summed E-state index contributed by atoms with van der Waals surface area (Å²) in [6, 6.07) is 11.1. The van der Waals surface area contributed by atoms with Gasteiger partial charge in [-0.2, -0.15) is 0 Å². The van der Waals surface area contributed by atoms with E-state index >= 15 is 0 Å². The van der Waals surface area contributed by atoms with Crippen molar-refractivity contribution >= 4 is 59.8 Å². The van der Waals surface area contributed by atoms with Gasteiger partial charge < -0.3 is 14.2 Å². The van der Waals surface area contributed by atoms with E-state index in [-0.39, 0.29) is 0 Å². The standard InChI is InChI=1S/C23H24Br3NO5/c1-15(2)4-11-19-20(30-3)12-7-17(8-13-21(28)27-29)22(19)31-14-16-5-9-18(10-6-16)32-23(24,25)26/h4-10,12-13,29H,11,14H2,1-3H3,(H,27,28). The number of carbonyl (C=O) groups is 1. The largest absolute Gasteiger partial charge is 0.496 e. The minimum absolute atomic E-state index is 0.296. The molecule has 0 heterocycles. The van der Waals surface area contributed by atoms with Crippen LogP contribution in [-0.4, -0.2) is 20.6 Å². The van der Waals surface area contributed by atoms with E-state index in [4.69, 9.17) is 19.4 Å². The number of ether oxygens (including phenoxy) is 3. The molecule has 0 bridgehead atoms. The molecule has 2 aromatic carbocycles. The van der Waals surface area contributed by atoms with Crippen LogP contribution in [0, 0.1) is 0 Å². The van der Waals surface area contributed by atoms with E-state index in [2.05, 4.69) is 53.9 Å². The topological polar surface area (TPSA) is 77.0 Å². The predicted octanol–water partition coefficient (Wildman–Crippen LogP) is 6.48. The van der Waals surface area contributed by atoms with Crippen molar-refractivity contribution in [3.63, 3.8) is 0 Å². The fraction of sp³-hybridized carbons (Fsp3) is 0.261. The summed E-state index contributed by atoms with van der Waals surface area (Å²) in [7, 11) is 1.61. The lowest BCUT2D eigenvalue weighted by Gasteiger charge is -2.18. The van der Waals surface area contributed by atoms with Crippen LogP contribution < -0.4 is 19.7 Å². The van der Waals surface area contributed by atoms with Gasteiger partial charge in [-0.3, -0.25) is 10.0 Å². The Morgan fingerprint density at radius 3 is 2.38 bits per heavy atom. The SMILES string of the molecule is COc1ccc(C=CC(=O)NO)c(OCc2ccc(OC(Br)(Br)Br)cc2)c1CC=C(C)C. The van der Waals surface area contributed by atoms with Crippen molar-refractivity contribution in [1.82, 2.24) is 5.48 Å². The van der Waals surface area contributed by atoms with Crippen molar-refractivity contribution < 1.29 is 24.2 Å². The molecular formula is C23H24Br3NO5. The van der Waals surface area contributed by atoms with Crippen LogP contribution in [0.2, 0.25) is 0 Å². The Balaban J connectivity index is 2.36. The number of halogens is 3. The summed E-state index contributed by atoms with van der Waals surface area (Å²) < 4.78 is 16.6. The highest BCUT2D eigenvalue weighted by Crippen LogP contribution is 2.37. The second-order valence-electron chi connectivity index (χ2n) is 6.94. The molecule has 0 radical (unpaired) electrons. The van der Waals surface area contributed by atoms with Crippen molar-refractivity contribution in [2.45, 2.75) is 29.2 Å². The van der Waals surface area contributed by atoms with Gasteiger partial charge in [0.1, 0.15) is 23.9 Å². The molecule has 0 saturated carbocycles. The van der Waals surface area contributed by atoms with Crippen molar-refractivity contribution in [3.05, 3.63) is 70.8 Å². The summed E-state index contributed by atoms with van der Waals surface area (Å²) in [6.45, 7) is 4.34. The average molecular weight is 634 g/mol. The highest BCUT2D eigenvalue weighted by atomic mass is 80.0. The Hall–Kier alpha value is -1.81. The van der Waals surface area contributed by atoms with E-state index in [1.54, 1.807) is 24.7 Å². The van der Waals surface area contributed by atoms with E-state index in [0.717, 1.165) is 16.7 Å². The minimum atomic E-state index is -0.826. The monoisotopic (exact) mass is 631 g/mol. The molecule has 2 aromatic rings. The number of hydrogen-bond acceptors (Lipinski definition) is 5. The molecule has 172 valence electrons. The van der Waals surface area contributed by atoms with Gasteiger partial charge in [0.2, 0.25) is 0 Å². The predicted molar refractivity (Wildman–Crippen MR) is 136 cm³/mol. The minimum Gasteiger partial charge on any atom is -0.496 e. The van der Waals surface area contributed by atoms with E-state index in [1.807, 2.05) is 44.2 Å². The molecule has 2 N–H and O–H groups in total. The zero-order valence-electron chi connectivity index (χ0n) is 17.8. The smallest absolute Gasteiger partial charge is 0.272 e. The summed E-state index contributed by atoms with van der Waals surface area (Å²) in [6.07, 6.45) is 5.51. The number of amides is 1. The fourth-order valence-corrected chi connectivity index (χ4v) is 3.33. The van der Waals surface area contributed by atoms with Crippen molar-refractivity contribution in [2.24, 2.45) is 0 Å². The molecule has 0 aliphatic carbocycles. The Labute approximate surface area is 213 Å². The molecule has 9 heteroatoms. The molecule has 32 heavy (non-hydrogen) atoms. The maximum absolute atomic E-state index is 11.5. The number of alkyl halides is 3. The molecule has 0 atom stereocenters. The summed E-state index contributed by atoms with van der Waals surface area (Å²) in [5, 5.41) is 8.78. The molecule has 1 amide bonds. The third-order valence-electron chi connectivity index (χ3n) is 4.25. The quantitative estimate of drug-likeness (QED) is 0.109. The van der Waals surface area contributed by atoms with Gasteiger partial charge >= 0.3 is 0 Å². The van der Waals surface area contributed by atoms with Gasteiger partial charge in [-0.25, -0.2) is 5.48 Å². The number of allylic oxidation sites excluding steroid dienone is 2. The first kappa shape index (κ1) is 26.4. The summed E-state index contributed by atoms with van der Waals surface area (Å²) in [4.78, 5) is 11.5. The van der Waals surface area contributed by atoms with Crippen LogP contribution in [0.3, 0.4) is 0 Å². The number of hydroxylamine groups is 1. The Morgan fingerprint density at radius 1 is 1.12 bits per heavy atom. The molecule has 2 rings (SSSR count). The first-order valence-electron chi connectivity index (χ1n) is 9.55. The highest BCUT2D eigenvalue weighted by Gasteiger charge is 2.19. The lowest BCUT2D eigenvalue weighted by Crippen LogP contribution is -2.14. The first-order valence-corrected chi connectivity index (χ1v) is 11.9. The van der Waals surface area contributed by atoms with Gasteiger partial charge in [0.15, 0.2) is 0 Å². The third-order valence-corrected chi connectivity index (χ3v) is 4.73. The zero-order chi connectivity index (χ0) is 23.7. The van der Waals surface area contributed by atoms with E-state index in [1.165, 1.54) is 6.08 Å². The van der Waals surface area contributed by atoms with Gasteiger partial charge in [0.05, 0.1) is 7.11 Å². The van der Waals surface area contributed by atoms with E-state index in [0.29, 0.717) is 35.8 Å². The zero-order valence-corrected chi connectivity index (χ0v) is 22.6. The van der Waals surface area contributed by atoms with Crippen molar-refractivity contribution in [3.8, 4) is 17.2 Å². The van der Waals surface area contributed by atoms with Crippen LogP contribution in [-0.2, 0) is 17.8 Å². The second kappa shape index (κ2) is 12.4. The van der Waals surface area contributed by atoms with Crippen LogP contribution in [0.25, 0.3) is 6.08 Å². The third kappa shape index (κ3) is 8.61. The molecule has 0 unspecified atom stereocenters. The van der Waals surface area contributed by atoms with Crippen LogP contribution in [0.15, 0.2) is 54.1 Å². The number of carbonyl (C=O) groups excluding carboxylic acids is 1. The molecule has 0 spiro atoms. The molecule has 0 aliphatic rings. The highest BCUT2D eigenvalue weighted by molar-refractivity contribution is 9.39. The Kier molecular flexibility index (Phi) is 10.3. The molecule has 0 aromatic heterocycles. The van der Waals surface area contributed by atoms with Crippen LogP contribution in [0.1, 0.15) is 30.5 Å². The van der Waals surface area contributed by atoms with Crippen molar-refractivity contribution in [1.29, 1.82) is 0 Å². The molecular weight excluding hydrogens is 610 g/mol. The second-order valence-corrected chi connectivity index (χ2v) is 13.5. The number of rotatable bonds is 9. The van der Waals surface area contributed by atoms with Gasteiger partial charge in [-0.15, -0.1) is 0 Å². The first-order chi connectivity index (χ1) is 15.1. The van der Waals surface area contributed by atoms with E-state index < -0.39 is 8.24 Å². The Bertz CT molecular complexity index is 978. The summed E-state index contributed by atoms with van der Waals surface area (Å²) in [5.74, 6) is 1.32. The summed E-state index contributed by atoms with van der Waals surface area (Å²) >= 11 is 9.90. The molecule has 0 saturated heterocycles. The number of hydrogen-bond donors (Lipinski definition) is 2. The lowest BCUT2D eigenvalue weighted by atomic mass is 10.0. The lowest BCUT2D eigenvalue weighted by molar-refractivity contribution is -0.124. The number of methoxy groups -OCH3 is 1. The molecule has 0 aliphatic heterocycles. The van der Waals surface area contributed by atoms with E-state index in [9.17, 15) is 4.79 Å². The normalized spacial score (nSPS) is 11.2. The molecule has 0 fully saturated rings. The number of nitrogens with one attached hydrogen (secondary N) is 1. The van der Waals surface area contributed by atoms with Gasteiger partial charge in [-0.1, -0.05) is 23.8 Å². The van der Waals surface area contributed by atoms with Crippen LogP contribution in [0.4, 0.5) is 0 Å². The van der Waals surface area contributed by atoms with Gasteiger partial charge in [0.25, 0.3) is 8.24 Å². The van der Waals surface area contributed by atoms with Crippen LogP contribution >= 0.6 is 47.8 Å². The van der Waals surface area contributed by atoms with Gasteiger partial charge in [0, 0.05) is 17.2 Å². The maximum atomic E-state index is 11.5. The fourth-order valence-electron chi connectivity index (χ4n) is 2.77. The van der Waals surface area contributed by atoms with Crippen LogP contribution in [0.5, 0.6) is 17.2 Å². The van der Waals surface area contributed by atoms with Gasteiger partial charge in [-0.05, 0) is 104 Å². The average Bonchev–Trinajstić information content (AvgIpc) is 2.74. The molecule has 6 nitrogen and oxygen atoms in total.